The fourth-order valence-corrected chi connectivity index (χ4v) is 4.76. The maximum Gasteiger partial charge on any atom is 0.0851 e. The fraction of sp³-hybridized carbons (Fsp3) is 0.500. The van der Waals surface area contributed by atoms with Gasteiger partial charge in [-0.05, 0) is 33.9 Å². The molecule has 170 valence electrons. The molecule has 8 heteroatoms. The molecule has 0 aromatic heterocycles. The van der Waals surface area contributed by atoms with Crippen LogP contribution >= 0.6 is 0 Å². The van der Waals surface area contributed by atoms with Crippen LogP contribution in [0.2, 0.25) is 0 Å². The first-order chi connectivity index (χ1) is 15.5. The maximum absolute atomic E-state index is 6.68. The molecular formula is C24H30N4O4. The summed E-state index contributed by atoms with van der Waals surface area (Å²) in [6.45, 7) is 3.03. The topological polar surface area (TPSA) is 154 Å². The number of hydrogen-bond donors (Lipinski definition) is 4. The third kappa shape index (κ3) is 3.88. The van der Waals surface area contributed by atoms with E-state index in [0.717, 1.165) is 85.6 Å². The maximum atomic E-state index is 6.68. The summed E-state index contributed by atoms with van der Waals surface area (Å²) in [7, 11) is 0. The van der Waals surface area contributed by atoms with Crippen molar-refractivity contribution in [3.63, 3.8) is 0 Å². The van der Waals surface area contributed by atoms with E-state index in [1.807, 2.05) is 6.07 Å². The Bertz CT molecular complexity index is 1070. The first-order valence-corrected chi connectivity index (χ1v) is 11.3. The normalized spacial score (nSPS) is 27.4. The minimum Gasteiger partial charge on any atom is -0.398 e. The second-order valence-corrected chi connectivity index (χ2v) is 9.37. The van der Waals surface area contributed by atoms with Crippen LogP contribution in [0, 0.1) is 0 Å². The van der Waals surface area contributed by atoms with Crippen LogP contribution in [0.1, 0.15) is 22.3 Å². The summed E-state index contributed by atoms with van der Waals surface area (Å²) in [5.41, 5.74) is 34.9. The monoisotopic (exact) mass is 438 g/mol. The zero-order chi connectivity index (χ0) is 22.0. The number of epoxide rings is 4. The van der Waals surface area contributed by atoms with Crippen molar-refractivity contribution in [2.45, 2.75) is 50.1 Å². The van der Waals surface area contributed by atoms with Gasteiger partial charge >= 0.3 is 0 Å². The van der Waals surface area contributed by atoms with Gasteiger partial charge < -0.3 is 41.9 Å². The second kappa shape index (κ2) is 7.52. The van der Waals surface area contributed by atoms with Gasteiger partial charge in [-0.25, -0.2) is 0 Å². The molecule has 4 aliphatic rings. The molecule has 0 amide bonds. The largest absolute Gasteiger partial charge is 0.398 e. The zero-order valence-electron chi connectivity index (χ0n) is 18.1. The molecule has 0 aliphatic carbocycles. The second-order valence-electron chi connectivity index (χ2n) is 9.37. The third-order valence-corrected chi connectivity index (χ3v) is 6.91. The summed E-state index contributed by atoms with van der Waals surface area (Å²) < 4.78 is 22.2. The van der Waals surface area contributed by atoms with Crippen LogP contribution in [0.4, 0.5) is 22.7 Å². The van der Waals surface area contributed by atoms with Gasteiger partial charge in [-0.2, -0.15) is 0 Å². The Labute approximate surface area is 187 Å². The van der Waals surface area contributed by atoms with Gasteiger partial charge in [-0.1, -0.05) is 6.07 Å². The average molecular weight is 439 g/mol. The van der Waals surface area contributed by atoms with Gasteiger partial charge in [-0.3, -0.25) is 0 Å². The Balaban J connectivity index is 1.55. The highest BCUT2D eigenvalue weighted by Gasteiger charge is 2.35. The van der Waals surface area contributed by atoms with Gasteiger partial charge in [0.25, 0.3) is 0 Å². The first kappa shape index (κ1) is 20.1. The number of rotatable bonds is 9. The summed E-state index contributed by atoms with van der Waals surface area (Å²) in [6.07, 6.45) is 3.83. The summed E-state index contributed by atoms with van der Waals surface area (Å²) in [5, 5.41) is 0. The summed E-state index contributed by atoms with van der Waals surface area (Å²) >= 11 is 0. The quantitative estimate of drug-likeness (QED) is 0.339. The summed E-state index contributed by atoms with van der Waals surface area (Å²) in [5.74, 6) is 0. The van der Waals surface area contributed by atoms with Crippen LogP contribution in [0.15, 0.2) is 12.1 Å². The van der Waals surface area contributed by atoms with Crippen LogP contribution in [-0.2, 0) is 44.6 Å². The molecule has 4 fully saturated rings. The molecule has 0 bridgehead atoms. The number of hydrogen-bond acceptors (Lipinski definition) is 8. The highest BCUT2D eigenvalue weighted by atomic mass is 16.6. The molecule has 4 atom stereocenters. The van der Waals surface area contributed by atoms with Gasteiger partial charge in [0.2, 0.25) is 0 Å². The van der Waals surface area contributed by atoms with E-state index < -0.39 is 0 Å². The van der Waals surface area contributed by atoms with Crippen molar-refractivity contribution in [1.82, 2.24) is 0 Å². The van der Waals surface area contributed by atoms with E-state index in [1.54, 1.807) is 0 Å². The van der Waals surface area contributed by atoms with Crippen molar-refractivity contribution < 1.29 is 18.9 Å². The molecule has 32 heavy (non-hydrogen) atoms. The Hall–Kier alpha value is -2.52. The number of nitrogen functional groups attached to an aromatic ring is 4. The minimum atomic E-state index is 0.179. The lowest BCUT2D eigenvalue weighted by molar-refractivity contribution is 0.401. The highest BCUT2D eigenvalue weighted by molar-refractivity contribution is 5.96. The molecule has 4 heterocycles. The van der Waals surface area contributed by atoms with E-state index in [9.17, 15) is 0 Å². The Morgan fingerprint density at radius 3 is 1.56 bits per heavy atom. The zero-order valence-corrected chi connectivity index (χ0v) is 18.1. The molecule has 0 saturated carbocycles. The molecule has 2 aromatic carbocycles. The lowest BCUT2D eigenvalue weighted by atomic mass is 9.82. The Morgan fingerprint density at radius 2 is 1.03 bits per heavy atom. The van der Waals surface area contributed by atoms with E-state index in [0.29, 0.717) is 17.1 Å². The smallest absolute Gasteiger partial charge is 0.0851 e. The van der Waals surface area contributed by atoms with Gasteiger partial charge in [0, 0.05) is 36.9 Å². The van der Waals surface area contributed by atoms with Gasteiger partial charge in [-0.15, -0.1) is 0 Å². The van der Waals surface area contributed by atoms with Gasteiger partial charge in [0.15, 0.2) is 0 Å². The Kier molecular flexibility index (Phi) is 4.73. The molecule has 6 rings (SSSR count). The van der Waals surface area contributed by atoms with E-state index in [1.165, 1.54) is 5.56 Å². The van der Waals surface area contributed by atoms with Crippen molar-refractivity contribution in [2.75, 3.05) is 49.4 Å². The molecule has 4 aliphatic heterocycles. The van der Waals surface area contributed by atoms with Crippen LogP contribution in [0.5, 0.6) is 0 Å². The third-order valence-electron chi connectivity index (χ3n) is 6.91. The van der Waals surface area contributed by atoms with Crippen molar-refractivity contribution in [2.24, 2.45) is 0 Å². The number of ether oxygens (including phenoxy) is 4. The SMILES string of the molecule is Nc1ccc(-c2c(N)c(N)c(N)c(CC3CO3)c2CC2CO2)c(CC2CO2)c1CC1CO1. The number of nitrogens with two attached hydrogens (primary N) is 4. The lowest BCUT2D eigenvalue weighted by Gasteiger charge is -2.24. The number of anilines is 4. The van der Waals surface area contributed by atoms with E-state index >= 15 is 0 Å². The molecule has 0 radical (unpaired) electrons. The van der Waals surface area contributed by atoms with Crippen LogP contribution in [-0.4, -0.2) is 50.8 Å². The van der Waals surface area contributed by atoms with Crippen LogP contribution in [0.3, 0.4) is 0 Å². The van der Waals surface area contributed by atoms with Crippen molar-refractivity contribution >= 4 is 22.7 Å². The summed E-state index contributed by atoms with van der Waals surface area (Å²) in [6, 6.07) is 4.04. The van der Waals surface area contributed by atoms with Crippen molar-refractivity contribution in [3.05, 3.63) is 34.4 Å². The molecule has 2 aromatic rings. The first-order valence-electron chi connectivity index (χ1n) is 11.3. The lowest BCUT2D eigenvalue weighted by Crippen LogP contribution is -2.15. The van der Waals surface area contributed by atoms with Crippen LogP contribution < -0.4 is 22.9 Å². The molecule has 8 N–H and O–H groups in total. The fourth-order valence-electron chi connectivity index (χ4n) is 4.76. The summed E-state index contributed by atoms with van der Waals surface area (Å²) in [4.78, 5) is 0. The van der Waals surface area contributed by atoms with E-state index in [-0.39, 0.29) is 24.4 Å². The van der Waals surface area contributed by atoms with Crippen molar-refractivity contribution in [1.29, 1.82) is 0 Å². The van der Waals surface area contributed by atoms with Crippen LogP contribution in [0.25, 0.3) is 11.1 Å². The van der Waals surface area contributed by atoms with Gasteiger partial charge in [0.1, 0.15) is 0 Å². The van der Waals surface area contributed by atoms with Crippen molar-refractivity contribution in [3.8, 4) is 11.1 Å². The van der Waals surface area contributed by atoms with Gasteiger partial charge in [0.05, 0.1) is 67.9 Å². The molecular weight excluding hydrogens is 408 g/mol. The standard InChI is InChI=1S/C24H30N4O4/c25-20-2-1-15(16(3-11-7-29-11)17(20)4-12-8-30-12)21-18(5-13-9-31-13)19(6-14-10-32-14)22(26)24(28)23(21)27/h1-2,11-14H,3-10,25-28H2. The average Bonchev–Trinajstić information content (AvgIpc) is 3.62. The molecule has 4 saturated heterocycles. The predicted octanol–water partition coefficient (Wildman–Crippen LogP) is 1.45. The predicted molar refractivity (Wildman–Crippen MR) is 123 cm³/mol. The molecule has 0 spiro atoms. The number of benzene rings is 2. The highest BCUT2D eigenvalue weighted by Crippen LogP contribution is 2.46. The minimum absolute atomic E-state index is 0.179. The molecule has 4 unspecified atom stereocenters. The van der Waals surface area contributed by atoms with E-state index in [2.05, 4.69) is 6.07 Å². The van der Waals surface area contributed by atoms with E-state index in [4.69, 9.17) is 41.9 Å². The Morgan fingerprint density at radius 1 is 0.562 bits per heavy atom. The molecule has 8 nitrogen and oxygen atoms in total.